The Kier molecular flexibility index (Phi) is 3.13. The predicted octanol–water partition coefficient (Wildman–Crippen LogP) is 4.54. The minimum atomic E-state index is -0.345. The van der Waals surface area contributed by atoms with Gasteiger partial charge < -0.3 is 9.72 Å². The first-order chi connectivity index (χ1) is 9.22. The summed E-state index contributed by atoms with van der Waals surface area (Å²) >= 11 is 5.95. The zero-order valence-corrected chi connectivity index (χ0v) is 10.7. The molecule has 0 saturated carbocycles. The van der Waals surface area contributed by atoms with Gasteiger partial charge in [0, 0.05) is 22.7 Å². The first kappa shape index (κ1) is 12.1. The molecule has 96 valence electrons. The van der Waals surface area contributed by atoms with Gasteiger partial charge in [-0.2, -0.15) is 0 Å². The molecule has 1 N–H and O–H groups in total. The average molecular weight is 276 g/mol. The number of hydrogen-bond donors (Lipinski definition) is 1. The fourth-order valence-electron chi connectivity index (χ4n) is 1.92. The second-order valence-electron chi connectivity index (χ2n) is 4.25. The lowest BCUT2D eigenvalue weighted by atomic mass is 10.2. The van der Waals surface area contributed by atoms with Crippen molar-refractivity contribution in [3.63, 3.8) is 0 Å². The van der Waals surface area contributed by atoms with Crippen LogP contribution in [0.2, 0.25) is 5.02 Å². The van der Waals surface area contributed by atoms with Crippen molar-refractivity contribution >= 4 is 22.5 Å². The Morgan fingerprint density at radius 3 is 2.84 bits per heavy atom. The van der Waals surface area contributed by atoms with Crippen molar-refractivity contribution in [3.05, 3.63) is 65.1 Å². The zero-order chi connectivity index (χ0) is 13.2. The van der Waals surface area contributed by atoms with Crippen LogP contribution in [0.4, 0.5) is 4.39 Å². The molecular formula is C15H11ClFNO. The van der Waals surface area contributed by atoms with E-state index in [0.29, 0.717) is 11.6 Å². The molecule has 2 aromatic carbocycles. The molecule has 0 amide bonds. The quantitative estimate of drug-likeness (QED) is 0.746. The van der Waals surface area contributed by atoms with Crippen LogP contribution in [0.25, 0.3) is 10.9 Å². The van der Waals surface area contributed by atoms with Crippen molar-refractivity contribution in [1.29, 1.82) is 0 Å². The first-order valence-corrected chi connectivity index (χ1v) is 6.24. The fraction of sp³-hybridized carbons (Fsp3) is 0.0667. The molecule has 0 radical (unpaired) electrons. The zero-order valence-electron chi connectivity index (χ0n) is 9.99. The SMILES string of the molecule is Fc1ccc(COc2ccc3[nH]ccc3c2)c(Cl)c1. The maximum Gasteiger partial charge on any atom is 0.124 e. The molecule has 19 heavy (non-hydrogen) atoms. The molecule has 1 heterocycles. The van der Waals surface area contributed by atoms with E-state index in [1.165, 1.54) is 12.1 Å². The predicted molar refractivity (Wildman–Crippen MR) is 74.0 cm³/mol. The van der Waals surface area contributed by atoms with Gasteiger partial charge in [0.15, 0.2) is 0 Å². The van der Waals surface area contributed by atoms with E-state index in [0.717, 1.165) is 22.2 Å². The second-order valence-corrected chi connectivity index (χ2v) is 4.66. The molecule has 0 spiro atoms. The van der Waals surface area contributed by atoms with Gasteiger partial charge >= 0.3 is 0 Å². The molecule has 0 fully saturated rings. The van der Waals surface area contributed by atoms with Gasteiger partial charge in [0.1, 0.15) is 18.2 Å². The van der Waals surface area contributed by atoms with Crippen LogP contribution in [0.5, 0.6) is 5.75 Å². The number of ether oxygens (including phenoxy) is 1. The van der Waals surface area contributed by atoms with Crippen LogP contribution in [-0.4, -0.2) is 4.98 Å². The van der Waals surface area contributed by atoms with E-state index in [1.807, 2.05) is 30.5 Å². The molecule has 2 nitrogen and oxygen atoms in total. The van der Waals surface area contributed by atoms with Crippen LogP contribution in [0.3, 0.4) is 0 Å². The lowest BCUT2D eigenvalue weighted by Crippen LogP contribution is -1.96. The van der Waals surface area contributed by atoms with E-state index >= 15 is 0 Å². The van der Waals surface area contributed by atoms with Crippen LogP contribution in [0, 0.1) is 5.82 Å². The normalized spacial score (nSPS) is 10.8. The maximum absolute atomic E-state index is 12.9. The summed E-state index contributed by atoms with van der Waals surface area (Å²) in [7, 11) is 0. The molecule has 3 rings (SSSR count). The van der Waals surface area contributed by atoms with E-state index in [2.05, 4.69) is 4.98 Å². The highest BCUT2D eigenvalue weighted by molar-refractivity contribution is 6.31. The smallest absolute Gasteiger partial charge is 0.124 e. The summed E-state index contributed by atoms with van der Waals surface area (Å²) in [6.07, 6.45) is 1.88. The Morgan fingerprint density at radius 2 is 2.00 bits per heavy atom. The fourth-order valence-corrected chi connectivity index (χ4v) is 2.14. The average Bonchev–Trinajstić information content (AvgIpc) is 2.85. The Hall–Kier alpha value is -2.00. The van der Waals surface area contributed by atoms with Gasteiger partial charge in [-0.15, -0.1) is 0 Å². The lowest BCUT2D eigenvalue weighted by Gasteiger charge is -2.08. The van der Waals surface area contributed by atoms with Crippen LogP contribution in [0.15, 0.2) is 48.7 Å². The summed E-state index contributed by atoms with van der Waals surface area (Å²) in [5.74, 6) is 0.412. The summed E-state index contributed by atoms with van der Waals surface area (Å²) in [6.45, 7) is 0.315. The van der Waals surface area contributed by atoms with Gasteiger partial charge in [-0.3, -0.25) is 0 Å². The number of aromatic nitrogens is 1. The van der Waals surface area contributed by atoms with Gasteiger partial charge in [0.05, 0.1) is 5.02 Å². The molecule has 0 aliphatic heterocycles. The van der Waals surface area contributed by atoms with E-state index < -0.39 is 0 Å². The van der Waals surface area contributed by atoms with Crippen LogP contribution >= 0.6 is 11.6 Å². The highest BCUT2D eigenvalue weighted by atomic mass is 35.5. The van der Waals surface area contributed by atoms with Crippen molar-refractivity contribution < 1.29 is 9.13 Å². The minimum Gasteiger partial charge on any atom is -0.489 e. The molecular weight excluding hydrogens is 265 g/mol. The Balaban J connectivity index is 1.77. The molecule has 3 aromatic rings. The molecule has 0 aliphatic rings. The molecule has 0 unspecified atom stereocenters. The van der Waals surface area contributed by atoms with Crippen molar-refractivity contribution in [2.75, 3.05) is 0 Å². The third-order valence-corrected chi connectivity index (χ3v) is 3.29. The molecule has 0 aliphatic carbocycles. The van der Waals surface area contributed by atoms with Crippen molar-refractivity contribution in [2.24, 2.45) is 0 Å². The van der Waals surface area contributed by atoms with Crippen LogP contribution in [-0.2, 0) is 6.61 Å². The third kappa shape index (κ3) is 2.56. The summed E-state index contributed by atoms with van der Waals surface area (Å²) in [5.41, 5.74) is 1.82. The largest absolute Gasteiger partial charge is 0.489 e. The van der Waals surface area contributed by atoms with Crippen molar-refractivity contribution in [3.8, 4) is 5.75 Å². The van der Waals surface area contributed by atoms with Crippen LogP contribution < -0.4 is 4.74 Å². The number of hydrogen-bond acceptors (Lipinski definition) is 1. The number of rotatable bonds is 3. The number of benzene rings is 2. The summed E-state index contributed by atoms with van der Waals surface area (Å²) in [5, 5.41) is 1.46. The summed E-state index contributed by atoms with van der Waals surface area (Å²) in [4.78, 5) is 3.12. The van der Waals surface area contributed by atoms with Gasteiger partial charge in [0.25, 0.3) is 0 Å². The Bertz CT molecular complexity index is 723. The Labute approximate surface area is 114 Å². The molecule has 0 bridgehead atoms. The minimum absolute atomic E-state index is 0.315. The highest BCUT2D eigenvalue weighted by Gasteiger charge is 2.04. The Morgan fingerprint density at radius 1 is 1.11 bits per heavy atom. The lowest BCUT2D eigenvalue weighted by molar-refractivity contribution is 0.306. The number of halogens is 2. The van der Waals surface area contributed by atoms with E-state index in [1.54, 1.807) is 6.07 Å². The van der Waals surface area contributed by atoms with Gasteiger partial charge in [-0.1, -0.05) is 17.7 Å². The van der Waals surface area contributed by atoms with Gasteiger partial charge in [-0.25, -0.2) is 4.39 Å². The van der Waals surface area contributed by atoms with Crippen molar-refractivity contribution in [1.82, 2.24) is 4.98 Å². The number of fused-ring (bicyclic) bond motifs is 1. The molecule has 1 aromatic heterocycles. The second kappa shape index (κ2) is 4.94. The number of aromatic amines is 1. The standard InChI is InChI=1S/C15H11ClFNO/c16-14-8-12(17)2-1-11(14)9-19-13-3-4-15-10(7-13)5-6-18-15/h1-8,18H,9H2. The van der Waals surface area contributed by atoms with Gasteiger partial charge in [0.2, 0.25) is 0 Å². The third-order valence-electron chi connectivity index (χ3n) is 2.93. The van der Waals surface area contributed by atoms with Crippen LogP contribution in [0.1, 0.15) is 5.56 Å². The highest BCUT2D eigenvalue weighted by Crippen LogP contribution is 2.23. The van der Waals surface area contributed by atoms with E-state index in [9.17, 15) is 4.39 Å². The molecule has 0 saturated heterocycles. The monoisotopic (exact) mass is 275 g/mol. The molecule has 0 atom stereocenters. The number of nitrogens with one attached hydrogen (secondary N) is 1. The van der Waals surface area contributed by atoms with E-state index in [4.69, 9.17) is 16.3 Å². The summed E-state index contributed by atoms with van der Waals surface area (Å²) in [6, 6.07) is 12.1. The summed E-state index contributed by atoms with van der Waals surface area (Å²) < 4.78 is 18.6. The van der Waals surface area contributed by atoms with E-state index in [-0.39, 0.29) is 5.82 Å². The topological polar surface area (TPSA) is 25.0 Å². The van der Waals surface area contributed by atoms with Gasteiger partial charge in [-0.05, 0) is 36.4 Å². The number of H-pyrrole nitrogens is 1. The maximum atomic E-state index is 12.9. The van der Waals surface area contributed by atoms with Crippen molar-refractivity contribution in [2.45, 2.75) is 6.61 Å². The molecule has 4 heteroatoms. The first-order valence-electron chi connectivity index (χ1n) is 5.86.